The number of anilines is 2. The highest BCUT2D eigenvalue weighted by molar-refractivity contribution is 6.34. The van der Waals surface area contributed by atoms with Crippen molar-refractivity contribution >= 4 is 34.9 Å². The number of carboxylic acids is 1. The van der Waals surface area contributed by atoms with Crippen LogP contribution in [0.1, 0.15) is 33.6 Å². The fourth-order valence-corrected chi connectivity index (χ4v) is 2.91. The Morgan fingerprint density at radius 3 is 2.25 bits per heavy atom. The molecule has 2 aromatic rings. The Morgan fingerprint density at radius 1 is 1.00 bits per heavy atom. The summed E-state index contributed by atoms with van der Waals surface area (Å²) in [5, 5.41) is 12.0. The number of rotatable bonds is 4. The molecule has 0 aromatic heterocycles. The minimum atomic E-state index is -1.07. The van der Waals surface area contributed by atoms with Gasteiger partial charge in [-0.15, -0.1) is 0 Å². The summed E-state index contributed by atoms with van der Waals surface area (Å²) in [6.07, 6.45) is 2.39. The van der Waals surface area contributed by atoms with Crippen molar-refractivity contribution in [2.24, 2.45) is 0 Å². The lowest BCUT2D eigenvalue weighted by Gasteiger charge is -2.17. The Labute approximate surface area is 144 Å². The zero-order chi connectivity index (χ0) is 17.1. The van der Waals surface area contributed by atoms with E-state index in [9.17, 15) is 9.59 Å². The lowest BCUT2D eigenvalue weighted by molar-refractivity contribution is 0.0696. The van der Waals surface area contributed by atoms with Gasteiger partial charge in [-0.05, 0) is 55.3 Å². The summed E-state index contributed by atoms with van der Waals surface area (Å²) in [4.78, 5) is 25.7. The SMILES string of the molecule is O=C(O)c1ccc(Cl)c(NC(=O)c2ccc(N3CCCC3)cc2)c1. The molecule has 1 aliphatic rings. The molecule has 3 rings (SSSR count). The largest absolute Gasteiger partial charge is 0.478 e. The quantitative estimate of drug-likeness (QED) is 0.882. The topological polar surface area (TPSA) is 69.6 Å². The molecule has 0 saturated carbocycles. The maximum Gasteiger partial charge on any atom is 0.335 e. The molecule has 1 heterocycles. The Balaban J connectivity index is 1.75. The van der Waals surface area contributed by atoms with Crippen LogP contribution in [0, 0.1) is 0 Å². The Hall–Kier alpha value is -2.53. The molecule has 24 heavy (non-hydrogen) atoms. The van der Waals surface area contributed by atoms with Crippen molar-refractivity contribution < 1.29 is 14.7 Å². The third kappa shape index (κ3) is 3.51. The van der Waals surface area contributed by atoms with Crippen LogP contribution in [0.15, 0.2) is 42.5 Å². The summed E-state index contributed by atoms with van der Waals surface area (Å²) in [5.74, 6) is -1.40. The zero-order valence-corrected chi connectivity index (χ0v) is 13.7. The van der Waals surface area contributed by atoms with Gasteiger partial charge in [-0.2, -0.15) is 0 Å². The highest BCUT2D eigenvalue weighted by Gasteiger charge is 2.14. The summed E-state index contributed by atoms with van der Waals surface area (Å²) in [5.41, 5.74) is 1.95. The van der Waals surface area contributed by atoms with Gasteiger partial charge in [0.05, 0.1) is 16.3 Å². The van der Waals surface area contributed by atoms with Crippen LogP contribution in [0.4, 0.5) is 11.4 Å². The van der Waals surface area contributed by atoms with Crippen molar-refractivity contribution in [3.8, 4) is 0 Å². The van der Waals surface area contributed by atoms with E-state index in [1.54, 1.807) is 12.1 Å². The van der Waals surface area contributed by atoms with Gasteiger partial charge in [0.1, 0.15) is 0 Å². The molecular formula is C18H17ClN2O3. The van der Waals surface area contributed by atoms with Gasteiger partial charge >= 0.3 is 5.97 Å². The second-order valence-corrected chi connectivity index (χ2v) is 6.10. The number of halogens is 1. The minimum absolute atomic E-state index is 0.0686. The molecule has 0 atom stereocenters. The molecule has 0 unspecified atom stereocenters. The predicted molar refractivity (Wildman–Crippen MR) is 94.3 cm³/mol. The second-order valence-electron chi connectivity index (χ2n) is 5.69. The summed E-state index contributed by atoms with van der Waals surface area (Å²) in [7, 11) is 0. The van der Waals surface area contributed by atoms with Gasteiger partial charge < -0.3 is 15.3 Å². The standard InChI is InChI=1S/C18H17ClN2O3/c19-15-8-5-13(18(23)24)11-16(15)20-17(22)12-3-6-14(7-4-12)21-9-1-2-10-21/h3-8,11H,1-2,9-10H2,(H,20,22)(H,23,24). The van der Waals surface area contributed by atoms with Crippen molar-refractivity contribution in [1.29, 1.82) is 0 Å². The molecule has 1 aliphatic heterocycles. The number of hydrogen-bond acceptors (Lipinski definition) is 3. The number of nitrogens with one attached hydrogen (secondary N) is 1. The van der Waals surface area contributed by atoms with Gasteiger partial charge in [0.25, 0.3) is 5.91 Å². The maximum absolute atomic E-state index is 12.3. The molecule has 2 N–H and O–H groups in total. The lowest BCUT2D eigenvalue weighted by atomic mass is 10.1. The van der Waals surface area contributed by atoms with Gasteiger partial charge in [-0.25, -0.2) is 4.79 Å². The molecule has 0 aliphatic carbocycles. The summed E-state index contributed by atoms with van der Waals surface area (Å²) >= 11 is 6.03. The monoisotopic (exact) mass is 344 g/mol. The number of amides is 1. The van der Waals surface area contributed by atoms with Gasteiger partial charge in [0.2, 0.25) is 0 Å². The third-order valence-corrected chi connectivity index (χ3v) is 4.39. The van der Waals surface area contributed by atoms with Crippen LogP contribution >= 0.6 is 11.6 Å². The summed E-state index contributed by atoms with van der Waals surface area (Å²) in [6.45, 7) is 2.09. The fourth-order valence-electron chi connectivity index (χ4n) is 2.75. The van der Waals surface area contributed by atoms with E-state index in [0.717, 1.165) is 18.8 Å². The van der Waals surface area contributed by atoms with E-state index in [2.05, 4.69) is 10.2 Å². The maximum atomic E-state index is 12.3. The van der Waals surface area contributed by atoms with Crippen molar-refractivity contribution in [3.05, 3.63) is 58.6 Å². The normalized spacial score (nSPS) is 13.8. The first kappa shape index (κ1) is 16.3. The lowest BCUT2D eigenvalue weighted by Crippen LogP contribution is -2.18. The average Bonchev–Trinajstić information content (AvgIpc) is 3.11. The molecule has 0 bridgehead atoms. The number of aromatic carboxylic acids is 1. The number of carbonyl (C=O) groups is 2. The summed E-state index contributed by atoms with van der Waals surface area (Å²) < 4.78 is 0. The molecule has 0 radical (unpaired) electrons. The van der Waals surface area contributed by atoms with Crippen LogP contribution in [-0.2, 0) is 0 Å². The molecule has 6 heteroatoms. The Morgan fingerprint density at radius 2 is 1.62 bits per heavy atom. The third-order valence-electron chi connectivity index (χ3n) is 4.06. The minimum Gasteiger partial charge on any atom is -0.478 e. The van der Waals surface area contributed by atoms with Crippen LogP contribution in [0.25, 0.3) is 0 Å². The fraction of sp³-hybridized carbons (Fsp3) is 0.222. The molecule has 5 nitrogen and oxygen atoms in total. The van der Waals surface area contributed by atoms with Crippen molar-refractivity contribution in [2.75, 3.05) is 23.3 Å². The molecule has 1 saturated heterocycles. The summed E-state index contributed by atoms with van der Waals surface area (Å²) in [6, 6.07) is 11.6. The highest BCUT2D eigenvalue weighted by Crippen LogP contribution is 2.25. The van der Waals surface area contributed by atoms with Gasteiger partial charge in [0.15, 0.2) is 0 Å². The van der Waals surface area contributed by atoms with E-state index >= 15 is 0 Å². The van der Waals surface area contributed by atoms with E-state index in [-0.39, 0.29) is 17.2 Å². The Kier molecular flexibility index (Phi) is 4.71. The van der Waals surface area contributed by atoms with Crippen LogP contribution in [0.5, 0.6) is 0 Å². The van der Waals surface area contributed by atoms with Gasteiger partial charge in [-0.3, -0.25) is 4.79 Å². The highest BCUT2D eigenvalue weighted by atomic mass is 35.5. The molecule has 124 valence electrons. The zero-order valence-electron chi connectivity index (χ0n) is 13.0. The number of carboxylic acid groups (broad SMARTS) is 1. The number of carbonyl (C=O) groups excluding carboxylic acids is 1. The van der Waals surface area contributed by atoms with Crippen molar-refractivity contribution in [2.45, 2.75) is 12.8 Å². The van der Waals surface area contributed by atoms with E-state index in [4.69, 9.17) is 16.7 Å². The molecule has 1 amide bonds. The molecule has 2 aromatic carbocycles. The van der Waals surface area contributed by atoms with E-state index in [1.807, 2.05) is 12.1 Å². The predicted octanol–water partition coefficient (Wildman–Crippen LogP) is 3.89. The molecule has 1 fully saturated rings. The van der Waals surface area contributed by atoms with E-state index in [0.29, 0.717) is 10.6 Å². The first-order chi connectivity index (χ1) is 11.5. The number of nitrogens with zero attached hydrogens (tertiary/aromatic N) is 1. The first-order valence-electron chi connectivity index (χ1n) is 7.74. The Bertz CT molecular complexity index is 768. The van der Waals surface area contributed by atoms with Crippen molar-refractivity contribution in [1.82, 2.24) is 0 Å². The van der Waals surface area contributed by atoms with E-state index in [1.165, 1.54) is 31.0 Å². The van der Waals surface area contributed by atoms with Crippen LogP contribution in [0.2, 0.25) is 5.02 Å². The number of benzene rings is 2. The van der Waals surface area contributed by atoms with Crippen LogP contribution < -0.4 is 10.2 Å². The van der Waals surface area contributed by atoms with E-state index < -0.39 is 5.97 Å². The van der Waals surface area contributed by atoms with Gasteiger partial charge in [-0.1, -0.05) is 11.6 Å². The smallest absolute Gasteiger partial charge is 0.335 e. The van der Waals surface area contributed by atoms with Crippen molar-refractivity contribution in [3.63, 3.8) is 0 Å². The number of hydrogen-bond donors (Lipinski definition) is 2. The first-order valence-corrected chi connectivity index (χ1v) is 8.11. The second kappa shape index (κ2) is 6.93. The van der Waals surface area contributed by atoms with Crippen LogP contribution in [-0.4, -0.2) is 30.1 Å². The molecular weight excluding hydrogens is 328 g/mol. The van der Waals surface area contributed by atoms with Crippen LogP contribution in [0.3, 0.4) is 0 Å². The molecule has 0 spiro atoms. The van der Waals surface area contributed by atoms with Gasteiger partial charge in [0, 0.05) is 24.3 Å². The average molecular weight is 345 g/mol.